The van der Waals surface area contributed by atoms with Crippen LogP contribution < -0.4 is 9.04 Å². The molecular weight excluding hydrogens is 438 g/mol. The molecule has 2 aromatic rings. The predicted molar refractivity (Wildman–Crippen MR) is 118 cm³/mol. The third kappa shape index (κ3) is 4.85. The van der Waals surface area contributed by atoms with Gasteiger partial charge in [0.2, 0.25) is 5.91 Å². The van der Waals surface area contributed by atoms with Crippen LogP contribution in [-0.4, -0.2) is 69.9 Å². The first kappa shape index (κ1) is 21.6. The number of amides is 2. The summed E-state index contributed by atoms with van der Waals surface area (Å²) in [7, 11) is -2.09. The van der Waals surface area contributed by atoms with Crippen LogP contribution in [0, 0.1) is 5.92 Å². The van der Waals surface area contributed by atoms with Crippen LogP contribution in [0.2, 0.25) is 0 Å². The summed E-state index contributed by atoms with van der Waals surface area (Å²) in [6.45, 7) is 2.08. The Morgan fingerprint density at radius 2 is 1.71 bits per heavy atom. The quantitative estimate of drug-likeness (QED) is 0.627. The van der Waals surface area contributed by atoms with Gasteiger partial charge in [0.25, 0.3) is 15.9 Å². The lowest BCUT2D eigenvalue weighted by atomic mass is 10.2. The second-order valence-corrected chi connectivity index (χ2v) is 10.8. The van der Waals surface area contributed by atoms with E-state index in [1.807, 2.05) is 4.90 Å². The lowest BCUT2D eigenvalue weighted by molar-refractivity contribution is -0.141. The zero-order valence-electron chi connectivity index (χ0n) is 17.3. The van der Waals surface area contributed by atoms with E-state index in [2.05, 4.69) is 0 Å². The van der Waals surface area contributed by atoms with Gasteiger partial charge in [0.05, 0.1) is 5.69 Å². The fourth-order valence-electron chi connectivity index (χ4n) is 3.44. The molecule has 2 aliphatic rings. The van der Waals surface area contributed by atoms with Crippen molar-refractivity contribution in [3.63, 3.8) is 0 Å². The number of anilines is 1. The summed E-state index contributed by atoms with van der Waals surface area (Å²) < 4.78 is 32.3. The molecule has 166 valence electrons. The minimum Gasteiger partial charge on any atom is -0.484 e. The molecule has 0 unspecified atom stereocenters. The molecule has 2 amide bonds. The van der Waals surface area contributed by atoms with E-state index in [-0.39, 0.29) is 28.5 Å². The molecular formula is C21H25N3O5S2. The largest absolute Gasteiger partial charge is 0.484 e. The fourth-order valence-corrected chi connectivity index (χ4v) is 5.79. The maximum absolute atomic E-state index is 12.6. The second-order valence-electron chi connectivity index (χ2n) is 7.67. The number of ether oxygens (including phenoxy) is 1. The molecule has 8 nitrogen and oxygen atoms in total. The highest BCUT2D eigenvalue weighted by molar-refractivity contribution is 7.94. The lowest BCUT2D eigenvalue weighted by Gasteiger charge is -2.34. The molecule has 31 heavy (non-hydrogen) atoms. The molecule has 4 rings (SSSR count). The maximum Gasteiger partial charge on any atom is 0.273 e. The van der Waals surface area contributed by atoms with E-state index in [1.54, 1.807) is 46.7 Å². The summed E-state index contributed by atoms with van der Waals surface area (Å²) in [5.74, 6) is 0.781. The molecule has 0 N–H and O–H groups in total. The van der Waals surface area contributed by atoms with Gasteiger partial charge in [-0.05, 0) is 48.6 Å². The zero-order chi connectivity index (χ0) is 22.0. The van der Waals surface area contributed by atoms with Crippen molar-refractivity contribution >= 4 is 38.9 Å². The Balaban J connectivity index is 1.27. The van der Waals surface area contributed by atoms with Gasteiger partial charge in [-0.3, -0.25) is 13.9 Å². The molecule has 1 aromatic heterocycles. The molecule has 0 atom stereocenters. The average Bonchev–Trinajstić information content (AvgIpc) is 3.49. The van der Waals surface area contributed by atoms with E-state index < -0.39 is 10.0 Å². The number of hydrogen-bond donors (Lipinski definition) is 0. The van der Waals surface area contributed by atoms with Gasteiger partial charge in [-0.15, -0.1) is 11.3 Å². The number of carbonyl (C=O) groups is 2. The first-order chi connectivity index (χ1) is 14.9. The summed E-state index contributed by atoms with van der Waals surface area (Å²) in [5, 5.41) is 1.72. The summed E-state index contributed by atoms with van der Waals surface area (Å²) >= 11 is 1.17. The molecule has 2 fully saturated rings. The van der Waals surface area contributed by atoms with Crippen molar-refractivity contribution in [2.75, 3.05) is 44.1 Å². The number of hydrogen-bond acceptors (Lipinski definition) is 6. The van der Waals surface area contributed by atoms with Crippen molar-refractivity contribution < 1.29 is 22.7 Å². The van der Waals surface area contributed by atoms with Crippen LogP contribution in [0.5, 0.6) is 5.75 Å². The highest BCUT2D eigenvalue weighted by Gasteiger charge is 2.35. The monoisotopic (exact) mass is 463 g/mol. The second kappa shape index (κ2) is 8.88. The van der Waals surface area contributed by atoms with Gasteiger partial charge < -0.3 is 14.5 Å². The van der Waals surface area contributed by atoms with Crippen LogP contribution in [0.4, 0.5) is 5.69 Å². The number of carbonyl (C=O) groups excluding carboxylic acids is 2. The summed E-state index contributed by atoms with van der Waals surface area (Å²) in [6.07, 6.45) is 1.97. The summed E-state index contributed by atoms with van der Waals surface area (Å²) in [6, 6.07) is 9.86. The highest BCUT2D eigenvalue weighted by atomic mass is 32.2. The Hall–Kier alpha value is -2.59. The van der Waals surface area contributed by atoms with Crippen LogP contribution >= 0.6 is 11.3 Å². The van der Waals surface area contributed by atoms with Gasteiger partial charge in [-0.2, -0.15) is 0 Å². The Bertz CT molecular complexity index is 1030. The van der Waals surface area contributed by atoms with Crippen molar-refractivity contribution in [1.29, 1.82) is 0 Å². The van der Waals surface area contributed by atoms with Crippen molar-refractivity contribution in [2.45, 2.75) is 17.1 Å². The lowest BCUT2D eigenvalue weighted by Crippen LogP contribution is -2.52. The van der Waals surface area contributed by atoms with Gasteiger partial charge in [0.1, 0.15) is 9.96 Å². The Morgan fingerprint density at radius 1 is 1.06 bits per heavy atom. The zero-order valence-corrected chi connectivity index (χ0v) is 18.9. The molecule has 1 saturated heterocycles. The van der Waals surface area contributed by atoms with Crippen molar-refractivity contribution in [1.82, 2.24) is 9.80 Å². The van der Waals surface area contributed by atoms with Crippen molar-refractivity contribution in [3.8, 4) is 5.75 Å². The fraction of sp³-hybridized carbons (Fsp3) is 0.429. The molecule has 10 heteroatoms. The van der Waals surface area contributed by atoms with Crippen LogP contribution in [-0.2, 0) is 19.6 Å². The maximum atomic E-state index is 12.6. The van der Waals surface area contributed by atoms with E-state index in [1.165, 1.54) is 22.7 Å². The average molecular weight is 464 g/mol. The molecule has 1 aromatic carbocycles. The highest BCUT2D eigenvalue weighted by Crippen LogP contribution is 2.31. The Morgan fingerprint density at radius 3 is 2.29 bits per heavy atom. The van der Waals surface area contributed by atoms with E-state index >= 15 is 0 Å². The van der Waals surface area contributed by atoms with Crippen LogP contribution in [0.3, 0.4) is 0 Å². The predicted octanol–water partition coefficient (Wildman–Crippen LogP) is 2.03. The van der Waals surface area contributed by atoms with E-state index in [4.69, 9.17) is 4.74 Å². The normalized spacial score (nSPS) is 16.8. The first-order valence-electron chi connectivity index (χ1n) is 10.2. The molecule has 1 aliphatic carbocycles. The van der Waals surface area contributed by atoms with Crippen molar-refractivity contribution in [3.05, 3.63) is 41.8 Å². The number of nitrogens with zero attached hydrogens (tertiary/aromatic N) is 3. The Kier molecular flexibility index (Phi) is 6.19. The van der Waals surface area contributed by atoms with Crippen molar-refractivity contribution in [2.24, 2.45) is 5.92 Å². The van der Waals surface area contributed by atoms with Gasteiger partial charge in [0.15, 0.2) is 6.61 Å². The smallest absolute Gasteiger partial charge is 0.273 e. The third-order valence-corrected chi connectivity index (χ3v) is 8.70. The molecule has 0 bridgehead atoms. The molecule has 0 spiro atoms. The minimum atomic E-state index is -3.59. The Labute approximate surface area is 186 Å². The van der Waals surface area contributed by atoms with Gasteiger partial charge in [0, 0.05) is 39.1 Å². The first-order valence-corrected chi connectivity index (χ1v) is 12.5. The molecule has 1 saturated carbocycles. The number of rotatable bonds is 7. The topological polar surface area (TPSA) is 87.2 Å². The molecule has 1 aliphatic heterocycles. The third-order valence-electron chi connectivity index (χ3n) is 5.54. The van der Waals surface area contributed by atoms with Gasteiger partial charge in [-0.25, -0.2) is 8.42 Å². The van der Waals surface area contributed by atoms with Crippen LogP contribution in [0.1, 0.15) is 12.8 Å². The van der Waals surface area contributed by atoms with E-state index in [0.29, 0.717) is 37.6 Å². The number of benzene rings is 1. The van der Waals surface area contributed by atoms with Gasteiger partial charge in [-0.1, -0.05) is 6.07 Å². The van der Waals surface area contributed by atoms with Crippen LogP contribution in [0.15, 0.2) is 46.0 Å². The molecule has 2 heterocycles. The molecule has 0 radical (unpaired) electrons. The van der Waals surface area contributed by atoms with E-state index in [0.717, 1.165) is 12.8 Å². The summed E-state index contributed by atoms with van der Waals surface area (Å²) in [4.78, 5) is 28.1. The number of thiophene rings is 1. The standard InChI is InChI=1S/C21H25N3O5S2/c1-22(31(27,28)20-3-2-14-30-20)17-6-8-18(9-7-17)29-15-19(25)23-10-12-24(13-11-23)21(26)16-4-5-16/h2-3,6-9,14,16H,4-5,10-13,15H2,1H3. The number of sulfonamides is 1. The SMILES string of the molecule is CN(c1ccc(OCC(=O)N2CCN(C(=O)C3CC3)CC2)cc1)S(=O)(=O)c1cccs1. The van der Waals surface area contributed by atoms with Crippen LogP contribution in [0.25, 0.3) is 0 Å². The van der Waals surface area contributed by atoms with Gasteiger partial charge >= 0.3 is 0 Å². The minimum absolute atomic E-state index is 0.0980. The van der Waals surface area contributed by atoms with E-state index in [9.17, 15) is 18.0 Å². The summed E-state index contributed by atoms with van der Waals surface area (Å²) in [5.41, 5.74) is 0.503. The number of piperazine rings is 1.